The zero-order chi connectivity index (χ0) is 17.4. The van der Waals surface area contributed by atoms with E-state index in [1.54, 1.807) is 24.3 Å². The molecule has 5 heteroatoms. The molecule has 1 aliphatic heterocycles. The van der Waals surface area contributed by atoms with Crippen LogP contribution in [0.1, 0.15) is 30.6 Å². The number of benzene rings is 1. The first kappa shape index (κ1) is 17.9. The van der Waals surface area contributed by atoms with Crippen molar-refractivity contribution in [1.82, 2.24) is 10.2 Å². The van der Waals surface area contributed by atoms with E-state index in [2.05, 4.69) is 33.8 Å². The summed E-state index contributed by atoms with van der Waals surface area (Å²) in [5.74, 6) is -0.365. The van der Waals surface area contributed by atoms with Gasteiger partial charge in [-0.1, -0.05) is 30.4 Å². The Morgan fingerprint density at radius 3 is 2.83 bits per heavy atom. The first-order chi connectivity index (χ1) is 11.6. The van der Waals surface area contributed by atoms with E-state index in [0.717, 1.165) is 26.1 Å². The Labute approximate surface area is 143 Å². The van der Waals surface area contributed by atoms with Gasteiger partial charge in [0, 0.05) is 33.1 Å². The van der Waals surface area contributed by atoms with E-state index in [9.17, 15) is 9.59 Å². The zero-order valence-electron chi connectivity index (χ0n) is 14.3. The van der Waals surface area contributed by atoms with Crippen molar-refractivity contribution in [3.63, 3.8) is 0 Å². The summed E-state index contributed by atoms with van der Waals surface area (Å²) < 4.78 is 0. The van der Waals surface area contributed by atoms with Gasteiger partial charge in [0.05, 0.1) is 11.3 Å². The highest BCUT2D eigenvalue weighted by atomic mass is 16.2. The van der Waals surface area contributed by atoms with Crippen molar-refractivity contribution in [2.75, 3.05) is 31.5 Å². The van der Waals surface area contributed by atoms with Gasteiger partial charge in [0.25, 0.3) is 5.91 Å². The van der Waals surface area contributed by atoms with Crippen LogP contribution in [0.25, 0.3) is 0 Å². The zero-order valence-corrected chi connectivity index (χ0v) is 14.3. The van der Waals surface area contributed by atoms with E-state index in [1.807, 2.05) is 6.92 Å². The number of nitrogens with zero attached hydrogens (tertiary/aromatic N) is 1. The minimum Gasteiger partial charge on any atom is -0.348 e. The second-order valence-electron chi connectivity index (χ2n) is 5.86. The van der Waals surface area contributed by atoms with E-state index in [-0.39, 0.29) is 11.8 Å². The van der Waals surface area contributed by atoms with Crippen LogP contribution >= 0.6 is 0 Å². The van der Waals surface area contributed by atoms with E-state index in [1.165, 1.54) is 12.5 Å². The molecular formula is C19H25N3O2. The van der Waals surface area contributed by atoms with Crippen LogP contribution in [0.3, 0.4) is 0 Å². The number of carbonyl (C=O) groups is 2. The third-order valence-electron chi connectivity index (χ3n) is 3.86. The molecule has 0 aliphatic carbocycles. The number of hydrogen-bond acceptors (Lipinski definition) is 3. The number of amides is 2. The smallest absolute Gasteiger partial charge is 0.253 e. The van der Waals surface area contributed by atoms with Crippen LogP contribution in [-0.2, 0) is 4.79 Å². The number of nitrogens with one attached hydrogen (secondary N) is 2. The maximum atomic E-state index is 12.4. The third kappa shape index (κ3) is 5.35. The molecule has 0 fully saturated rings. The van der Waals surface area contributed by atoms with Gasteiger partial charge in [-0.25, -0.2) is 0 Å². The van der Waals surface area contributed by atoms with Gasteiger partial charge in [-0.05, 0) is 31.1 Å². The maximum absolute atomic E-state index is 12.4. The summed E-state index contributed by atoms with van der Waals surface area (Å²) in [6.45, 7) is 6.84. The molecule has 0 saturated heterocycles. The van der Waals surface area contributed by atoms with Crippen LogP contribution in [0.5, 0.6) is 0 Å². The Morgan fingerprint density at radius 2 is 2.08 bits per heavy atom. The summed E-state index contributed by atoms with van der Waals surface area (Å²) in [6.07, 6.45) is 7.40. The molecule has 0 spiro atoms. The minimum absolute atomic E-state index is 0.175. The summed E-state index contributed by atoms with van der Waals surface area (Å²) in [4.78, 5) is 26.0. The maximum Gasteiger partial charge on any atom is 0.253 e. The first-order valence-corrected chi connectivity index (χ1v) is 8.26. The lowest BCUT2D eigenvalue weighted by Gasteiger charge is -2.26. The monoisotopic (exact) mass is 327 g/mol. The van der Waals surface area contributed by atoms with Crippen molar-refractivity contribution < 1.29 is 9.59 Å². The van der Waals surface area contributed by atoms with Gasteiger partial charge >= 0.3 is 0 Å². The van der Waals surface area contributed by atoms with Gasteiger partial charge in [-0.15, -0.1) is 0 Å². The minimum atomic E-state index is -0.190. The average molecular weight is 327 g/mol. The fourth-order valence-corrected chi connectivity index (χ4v) is 2.69. The second-order valence-corrected chi connectivity index (χ2v) is 5.86. The lowest BCUT2D eigenvalue weighted by molar-refractivity contribution is -0.114. The SMILES string of the molecule is C/C=C/CN1CCC=C(CNC(=O)c2ccccc2NC(C)=O)C1. The number of hydrogen-bond donors (Lipinski definition) is 2. The van der Waals surface area contributed by atoms with Crippen LogP contribution in [0.15, 0.2) is 48.1 Å². The van der Waals surface area contributed by atoms with Gasteiger partial charge in [0.1, 0.15) is 0 Å². The van der Waals surface area contributed by atoms with Crippen LogP contribution < -0.4 is 10.6 Å². The topological polar surface area (TPSA) is 61.4 Å². The largest absolute Gasteiger partial charge is 0.348 e. The molecule has 128 valence electrons. The quantitative estimate of drug-likeness (QED) is 0.790. The van der Waals surface area contributed by atoms with E-state index in [0.29, 0.717) is 17.8 Å². The molecule has 2 amide bonds. The number of para-hydroxylation sites is 1. The Hall–Kier alpha value is -2.40. The number of rotatable bonds is 6. The van der Waals surface area contributed by atoms with Gasteiger partial charge < -0.3 is 10.6 Å². The van der Waals surface area contributed by atoms with Crippen molar-refractivity contribution in [2.24, 2.45) is 0 Å². The molecule has 1 aliphatic rings. The molecule has 0 unspecified atom stereocenters. The lowest BCUT2D eigenvalue weighted by atomic mass is 10.1. The summed E-state index contributed by atoms with van der Waals surface area (Å²) in [5.41, 5.74) is 2.24. The molecule has 0 bridgehead atoms. The van der Waals surface area contributed by atoms with Gasteiger partial charge in [0.15, 0.2) is 0 Å². The van der Waals surface area contributed by atoms with Crippen LogP contribution in [0, 0.1) is 0 Å². The van der Waals surface area contributed by atoms with Crippen molar-refractivity contribution in [3.8, 4) is 0 Å². The molecule has 0 saturated carbocycles. The normalized spacial score (nSPS) is 15.2. The molecule has 2 rings (SSSR count). The highest BCUT2D eigenvalue weighted by molar-refractivity contribution is 6.03. The standard InChI is InChI=1S/C19H25N3O2/c1-3-4-11-22-12-7-8-16(14-22)13-20-19(24)17-9-5-6-10-18(17)21-15(2)23/h3-6,8-10H,7,11-14H2,1-2H3,(H,20,24)(H,21,23)/b4-3+. The molecule has 24 heavy (non-hydrogen) atoms. The molecule has 1 aromatic carbocycles. The summed E-state index contributed by atoms with van der Waals surface area (Å²) in [5, 5.41) is 5.65. The molecule has 0 radical (unpaired) electrons. The van der Waals surface area contributed by atoms with Crippen LogP contribution in [0.4, 0.5) is 5.69 Å². The van der Waals surface area contributed by atoms with E-state index < -0.39 is 0 Å². The average Bonchev–Trinajstić information content (AvgIpc) is 2.58. The van der Waals surface area contributed by atoms with Crippen molar-refractivity contribution in [3.05, 3.63) is 53.6 Å². The molecule has 1 aromatic rings. The van der Waals surface area contributed by atoms with E-state index >= 15 is 0 Å². The molecule has 0 atom stereocenters. The number of carbonyl (C=O) groups excluding carboxylic acids is 2. The fourth-order valence-electron chi connectivity index (χ4n) is 2.69. The van der Waals surface area contributed by atoms with Gasteiger partial charge in [-0.2, -0.15) is 0 Å². The summed E-state index contributed by atoms with van der Waals surface area (Å²) in [6, 6.07) is 7.03. The lowest BCUT2D eigenvalue weighted by Crippen LogP contribution is -2.35. The first-order valence-electron chi connectivity index (χ1n) is 8.26. The Morgan fingerprint density at radius 1 is 1.29 bits per heavy atom. The Bertz CT molecular complexity index is 650. The number of anilines is 1. The molecule has 0 aromatic heterocycles. The molecule has 2 N–H and O–H groups in total. The molecule has 5 nitrogen and oxygen atoms in total. The van der Waals surface area contributed by atoms with E-state index in [4.69, 9.17) is 0 Å². The van der Waals surface area contributed by atoms with Crippen molar-refractivity contribution >= 4 is 17.5 Å². The molecular weight excluding hydrogens is 302 g/mol. The van der Waals surface area contributed by atoms with Crippen molar-refractivity contribution in [1.29, 1.82) is 0 Å². The van der Waals surface area contributed by atoms with Crippen LogP contribution in [-0.4, -0.2) is 42.9 Å². The second kappa shape index (κ2) is 9.03. The highest BCUT2D eigenvalue weighted by Crippen LogP contribution is 2.15. The predicted molar refractivity (Wildman–Crippen MR) is 97.0 cm³/mol. The summed E-state index contributed by atoms with van der Waals surface area (Å²) >= 11 is 0. The van der Waals surface area contributed by atoms with Crippen molar-refractivity contribution in [2.45, 2.75) is 20.3 Å². The van der Waals surface area contributed by atoms with Gasteiger partial charge in [0.2, 0.25) is 5.91 Å². The summed E-state index contributed by atoms with van der Waals surface area (Å²) in [7, 11) is 0. The fraction of sp³-hybridized carbons (Fsp3) is 0.368. The molecule has 1 heterocycles. The Kier molecular flexibility index (Phi) is 6.75. The van der Waals surface area contributed by atoms with Gasteiger partial charge in [-0.3, -0.25) is 14.5 Å². The Balaban J connectivity index is 1.94. The third-order valence-corrected chi connectivity index (χ3v) is 3.86. The number of allylic oxidation sites excluding steroid dienone is 1. The predicted octanol–water partition coefficient (Wildman–Crippen LogP) is 2.58. The highest BCUT2D eigenvalue weighted by Gasteiger charge is 2.14. The van der Waals surface area contributed by atoms with Crippen LogP contribution in [0.2, 0.25) is 0 Å².